The van der Waals surface area contributed by atoms with Gasteiger partial charge in [-0.1, -0.05) is 0 Å². The molecule has 0 spiro atoms. The predicted molar refractivity (Wildman–Crippen MR) is 64.1 cm³/mol. The van der Waals surface area contributed by atoms with Gasteiger partial charge in [0.25, 0.3) is 0 Å². The van der Waals surface area contributed by atoms with Gasteiger partial charge in [0.05, 0.1) is 13.0 Å². The van der Waals surface area contributed by atoms with E-state index in [1.807, 2.05) is 0 Å². The highest BCUT2D eigenvalue weighted by atomic mass is 32.1. The third-order valence-electron chi connectivity index (χ3n) is 1.50. The van der Waals surface area contributed by atoms with Crippen LogP contribution < -0.4 is 10.6 Å². The van der Waals surface area contributed by atoms with Gasteiger partial charge in [-0.15, -0.1) is 21.5 Å². The molecule has 0 aliphatic rings. The summed E-state index contributed by atoms with van der Waals surface area (Å²) in [6, 6.07) is 0. The maximum absolute atomic E-state index is 10.2. The topological polar surface area (TPSA) is 121 Å². The van der Waals surface area contributed by atoms with E-state index in [1.54, 1.807) is 6.92 Å². The number of aryl methyl sites for hydroxylation is 1. The minimum atomic E-state index is -0.865. The van der Waals surface area contributed by atoms with Gasteiger partial charge in [-0.2, -0.15) is 0 Å². The lowest BCUT2D eigenvalue weighted by Gasteiger charge is -1.93. The number of hydrogen-bond donors (Lipinski definition) is 3. The summed E-state index contributed by atoms with van der Waals surface area (Å²) >= 11 is 1.31. The molecule has 0 unspecified atom stereocenters. The van der Waals surface area contributed by atoms with Crippen molar-refractivity contribution in [1.29, 1.82) is 0 Å². The molecule has 3 N–H and O–H groups in total. The number of nitrogens with one attached hydrogen (secondary N) is 2. The van der Waals surface area contributed by atoms with Crippen molar-refractivity contribution < 1.29 is 19.5 Å². The standard InChI is InChI=1S/C5H6N2O2S.C4H8N2O2/c1-3-6-7-4(10-3)2-5(8)9;1-5-4(8)2-6-3-7/h2H2,1H3,(H,8,9);3H,2H2,1H3,(H,5,8)(H,6,7). The molecule has 0 bridgehead atoms. The highest BCUT2D eigenvalue weighted by molar-refractivity contribution is 7.11. The van der Waals surface area contributed by atoms with Crippen molar-refractivity contribution in [1.82, 2.24) is 20.8 Å². The number of carbonyl (C=O) groups excluding carboxylic acids is 2. The Morgan fingerprint density at radius 3 is 2.50 bits per heavy atom. The second-order valence-electron chi connectivity index (χ2n) is 2.96. The second kappa shape index (κ2) is 9.05. The van der Waals surface area contributed by atoms with Crippen LogP contribution in [0.15, 0.2) is 0 Å². The summed E-state index contributed by atoms with van der Waals surface area (Å²) in [5.74, 6) is -1.06. The van der Waals surface area contributed by atoms with E-state index in [0.717, 1.165) is 5.01 Å². The van der Waals surface area contributed by atoms with Gasteiger partial charge < -0.3 is 15.7 Å². The van der Waals surface area contributed by atoms with Crippen LogP contribution in [0.2, 0.25) is 0 Å². The van der Waals surface area contributed by atoms with Gasteiger partial charge in [0.2, 0.25) is 12.3 Å². The Bertz CT molecular complexity index is 407. The van der Waals surface area contributed by atoms with E-state index >= 15 is 0 Å². The minimum Gasteiger partial charge on any atom is -0.481 e. The number of carboxylic acid groups (broad SMARTS) is 1. The Hall–Kier alpha value is -2.03. The molecule has 0 aliphatic carbocycles. The number of aromatic nitrogens is 2. The monoisotopic (exact) mass is 274 g/mol. The summed E-state index contributed by atoms with van der Waals surface area (Å²) in [6.07, 6.45) is 0.459. The number of nitrogens with zero attached hydrogens (tertiary/aromatic N) is 2. The molecule has 0 atom stereocenters. The van der Waals surface area contributed by atoms with E-state index in [1.165, 1.54) is 18.4 Å². The first-order valence-corrected chi connectivity index (χ1v) is 5.69. The third kappa shape index (κ3) is 8.16. The van der Waals surface area contributed by atoms with E-state index in [0.29, 0.717) is 11.4 Å². The molecule has 18 heavy (non-hydrogen) atoms. The maximum atomic E-state index is 10.2. The van der Waals surface area contributed by atoms with Crippen molar-refractivity contribution in [3.63, 3.8) is 0 Å². The number of likely N-dealkylation sites (N-methyl/N-ethyl adjacent to an activating group) is 1. The molecule has 1 rings (SSSR count). The molecule has 0 aliphatic heterocycles. The Labute approximate surface area is 107 Å². The predicted octanol–water partition coefficient (Wildman–Crippen LogP) is -1.05. The molecule has 0 saturated heterocycles. The Kier molecular flexibility index (Phi) is 8.03. The van der Waals surface area contributed by atoms with E-state index in [9.17, 15) is 14.4 Å². The SMILES string of the molecule is CNC(=O)CNC=O.Cc1nnc(CC(=O)O)s1. The molecular formula is C9H14N4O4S. The normalized spacial score (nSPS) is 8.78. The van der Waals surface area contributed by atoms with Gasteiger partial charge in [-0.05, 0) is 6.92 Å². The molecular weight excluding hydrogens is 260 g/mol. The lowest BCUT2D eigenvalue weighted by atomic mass is 10.5. The Balaban J connectivity index is 0.000000331. The van der Waals surface area contributed by atoms with E-state index in [-0.39, 0.29) is 18.9 Å². The number of hydrogen-bond acceptors (Lipinski definition) is 6. The smallest absolute Gasteiger partial charge is 0.310 e. The number of amides is 2. The van der Waals surface area contributed by atoms with Gasteiger partial charge in [0.1, 0.15) is 10.0 Å². The summed E-state index contributed by atoms with van der Waals surface area (Å²) in [7, 11) is 1.51. The molecule has 1 aromatic heterocycles. The summed E-state index contributed by atoms with van der Waals surface area (Å²) in [6.45, 7) is 1.85. The number of carboxylic acids is 1. The molecule has 2 amide bonds. The lowest BCUT2D eigenvalue weighted by molar-refractivity contribution is -0.136. The van der Waals surface area contributed by atoms with E-state index in [4.69, 9.17) is 5.11 Å². The number of aliphatic carboxylic acids is 1. The van der Waals surface area contributed by atoms with E-state index in [2.05, 4.69) is 20.8 Å². The maximum Gasteiger partial charge on any atom is 0.310 e. The molecule has 1 heterocycles. The van der Waals surface area contributed by atoms with Crippen LogP contribution in [0.4, 0.5) is 0 Å². The zero-order chi connectivity index (χ0) is 14.0. The first kappa shape index (κ1) is 16.0. The molecule has 8 nitrogen and oxygen atoms in total. The molecule has 0 saturated carbocycles. The summed E-state index contributed by atoms with van der Waals surface area (Å²) < 4.78 is 0. The molecule has 1 aromatic rings. The summed E-state index contributed by atoms with van der Waals surface area (Å²) in [5.41, 5.74) is 0. The van der Waals surface area contributed by atoms with E-state index < -0.39 is 5.97 Å². The second-order valence-corrected chi connectivity index (χ2v) is 4.22. The van der Waals surface area contributed by atoms with Crippen LogP contribution in [-0.2, 0) is 20.8 Å². The highest BCUT2D eigenvalue weighted by Gasteiger charge is 2.04. The van der Waals surface area contributed by atoms with Crippen LogP contribution in [0.3, 0.4) is 0 Å². The van der Waals surface area contributed by atoms with Crippen LogP contribution >= 0.6 is 11.3 Å². The van der Waals surface area contributed by atoms with Crippen molar-refractivity contribution in [3.05, 3.63) is 10.0 Å². The minimum absolute atomic E-state index is 0.0223. The van der Waals surface area contributed by atoms with Gasteiger partial charge in [0, 0.05) is 7.05 Å². The molecule has 0 aromatic carbocycles. The van der Waals surface area contributed by atoms with Gasteiger partial charge in [-0.3, -0.25) is 14.4 Å². The summed E-state index contributed by atoms with van der Waals surface area (Å²) in [4.78, 5) is 29.9. The first-order valence-electron chi connectivity index (χ1n) is 4.88. The number of rotatable bonds is 5. The average molecular weight is 274 g/mol. The van der Waals surface area contributed by atoms with Crippen LogP contribution in [0.1, 0.15) is 10.0 Å². The lowest BCUT2D eigenvalue weighted by Crippen LogP contribution is -2.30. The Morgan fingerprint density at radius 1 is 1.44 bits per heavy atom. The molecule has 9 heteroatoms. The fourth-order valence-electron chi connectivity index (χ4n) is 0.761. The number of carbonyl (C=O) groups is 3. The first-order chi connectivity index (χ1) is 8.49. The van der Waals surface area contributed by atoms with Gasteiger partial charge in [0.15, 0.2) is 0 Å². The Morgan fingerprint density at radius 2 is 2.11 bits per heavy atom. The molecule has 100 valence electrons. The fraction of sp³-hybridized carbons (Fsp3) is 0.444. The van der Waals surface area contributed by atoms with Crippen molar-refractivity contribution >= 4 is 29.6 Å². The van der Waals surface area contributed by atoms with Gasteiger partial charge >= 0.3 is 5.97 Å². The zero-order valence-electron chi connectivity index (χ0n) is 9.97. The largest absolute Gasteiger partial charge is 0.481 e. The highest BCUT2D eigenvalue weighted by Crippen LogP contribution is 2.07. The van der Waals surface area contributed by atoms with Crippen LogP contribution in [-0.4, -0.2) is 47.2 Å². The van der Waals surface area contributed by atoms with Crippen molar-refractivity contribution in [3.8, 4) is 0 Å². The molecule has 0 radical (unpaired) electrons. The summed E-state index contributed by atoms with van der Waals surface area (Å²) in [5, 5.41) is 21.5. The third-order valence-corrected chi connectivity index (χ3v) is 2.33. The van der Waals surface area contributed by atoms with Crippen molar-refractivity contribution in [2.45, 2.75) is 13.3 Å². The van der Waals surface area contributed by atoms with Crippen molar-refractivity contribution in [2.24, 2.45) is 0 Å². The van der Waals surface area contributed by atoms with Crippen LogP contribution in [0.25, 0.3) is 0 Å². The van der Waals surface area contributed by atoms with Crippen LogP contribution in [0, 0.1) is 6.92 Å². The van der Waals surface area contributed by atoms with Crippen molar-refractivity contribution in [2.75, 3.05) is 13.6 Å². The molecule has 0 fully saturated rings. The quantitative estimate of drug-likeness (QED) is 0.589. The van der Waals surface area contributed by atoms with Crippen LogP contribution in [0.5, 0.6) is 0 Å². The van der Waals surface area contributed by atoms with Gasteiger partial charge in [-0.25, -0.2) is 0 Å². The fourth-order valence-corrected chi connectivity index (χ4v) is 1.46. The average Bonchev–Trinajstić information content (AvgIpc) is 2.71. The zero-order valence-corrected chi connectivity index (χ0v) is 10.8.